The Kier molecular flexibility index (Phi) is 6.76. The molecule has 0 aromatic carbocycles. The monoisotopic (exact) mass is 430 g/mol. The molecule has 0 aliphatic rings. The minimum absolute atomic E-state index is 0.0953. The molecule has 8 nitrogen and oxygen atoms in total. The zero-order valence-corrected chi connectivity index (χ0v) is 17.5. The molecular formula is C17H23BrN2O6. The minimum atomic E-state index is -0.975. The first-order chi connectivity index (χ1) is 11.7. The van der Waals surface area contributed by atoms with Crippen LogP contribution in [-0.2, 0) is 14.2 Å². The number of hydrogen-bond acceptors (Lipinski definition) is 7. The quantitative estimate of drug-likeness (QED) is 0.509. The summed E-state index contributed by atoms with van der Waals surface area (Å²) in [6, 6.07) is 2.85. The molecule has 0 fully saturated rings. The van der Waals surface area contributed by atoms with Crippen LogP contribution in [0.3, 0.4) is 0 Å². The fourth-order valence-electron chi connectivity index (χ4n) is 1.67. The van der Waals surface area contributed by atoms with Crippen molar-refractivity contribution in [1.82, 2.24) is 4.98 Å². The molecule has 0 radical (unpaired) electrons. The SMILES string of the molecule is COC(=O)c1nc(N(C(=O)OC(C)(C)C)C(=O)OC(C)(C)C)ccc1Br. The Morgan fingerprint density at radius 2 is 1.42 bits per heavy atom. The van der Waals surface area contributed by atoms with E-state index < -0.39 is 29.4 Å². The number of hydrogen-bond donors (Lipinski definition) is 0. The van der Waals surface area contributed by atoms with Gasteiger partial charge in [-0.1, -0.05) is 0 Å². The molecule has 144 valence electrons. The van der Waals surface area contributed by atoms with Crippen molar-refractivity contribution in [2.24, 2.45) is 0 Å². The molecule has 0 aliphatic heterocycles. The van der Waals surface area contributed by atoms with Gasteiger partial charge in [-0.3, -0.25) is 0 Å². The van der Waals surface area contributed by atoms with Crippen molar-refractivity contribution in [1.29, 1.82) is 0 Å². The molecule has 0 aliphatic carbocycles. The number of ether oxygens (including phenoxy) is 3. The molecule has 0 atom stereocenters. The van der Waals surface area contributed by atoms with Crippen LogP contribution in [0.5, 0.6) is 0 Å². The second kappa shape index (κ2) is 8.03. The summed E-state index contributed by atoms with van der Waals surface area (Å²) in [5.74, 6) is -0.857. The summed E-state index contributed by atoms with van der Waals surface area (Å²) in [6.45, 7) is 9.96. The highest BCUT2D eigenvalue weighted by molar-refractivity contribution is 9.10. The molecule has 1 aromatic rings. The Morgan fingerprint density at radius 3 is 1.81 bits per heavy atom. The lowest BCUT2D eigenvalue weighted by atomic mass is 10.2. The average molecular weight is 431 g/mol. The van der Waals surface area contributed by atoms with E-state index in [-0.39, 0.29) is 11.5 Å². The number of rotatable bonds is 2. The van der Waals surface area contributed by atoms with Gasteiger partial charge in [-0.25, -0.2) is 19.4 Å². The van der Waals surface area contributed by atoms with E-state index >= 15 is 0 Å². The Labute approximate surface area is 160 Å². The van der Waals surface area contributed by atoms with E-state index in [4.69, 9.17) is 9.47 Å². The van der Waals surface area contributed by atoms with Crippen molar-refractivity contribution < 1.29 is 28.6 Å². The fraction of sp³-hybridized carbons (Fsp3) is 0.529. The first kappa shape index (κ1) is 21.9. The molecule has 1 heterocycles. The van der Waals surface area contributed by atoms with Crippen molar-refractivity contribution in [3.63, 3.8) is 0 Å². The van der Waals surface area contributed by atoms with Crippen molar-refractivity contribution in [2.45, 2.75) is 52.7 Å². The number of pyridine rings is 1. The molecule has 0 N–H and O–H groups in total. The van der Waals surface area contributed by atoms with Crippen LogP contribution in [-0.4, -0.2) is 41.5 Å². The summed E-state index contributed by atoms with van der Waals surface area (Å²) in [6.07, 6.45) is -1.95. The van der Waals surface area contributed by atoms with Crippen LogP contribution in [0, 0.1) is 0 Å². The van der Waals surface area contributed by atoms with Crippen LogP contribution in [0.25, 0.3) is 0 Å². The zero-order chi connectivity index (χ0) is 20.3. The largest absolute Gasteiger partial charge is 0.464 e. The van der Waals surface area contributed by atoms with Gasteiger partial charge in [0, 0.05) is 0 Å². The third kappa shape index (κ3) is 6.29. The maximum Gasteiger partial charge on any atom is 0.425 e. The van der Waals surface area contributed by atoms with Gasteiger partial charge in [0.1, 0.15) is 17.0 Å². The van der Waals surface area contributed by atoms with E-state index in [0.717, 1.165) is 0 Å². The highest BCUT2D eigenvalue weighted by Gasteiger charge is 2.34. The van der Waals surface area contributed by atoms with Gasteiger partial charge in [0.05, 0.1) is 11.6 Å². The highest BCUT2D eigenvalue weighted by atomic mass is 79.9. The van der Waals surface area contributed by atoms with E-state index in [1.54, 1.807) is 41.5 Å². The first-order valence-electron chi connectivity index (χ1n) is 7.76. The van der Waals surface area contributed by atoms with E-state index in [1.165, 1.54) is 19.2 Å². The number of aromatic nitrogens is 1. The van der Waals surface area contributed by atoms with E-state index in [2.05, 4.69) is 25.7 Å². The first-order valence-corrected chi connectivity index (χ1v) is 8.55. The van der Waals surface area contributed by atoms with Crippen molar-refractivity contribution in [2.75, 3.05) is 12.0 Å². The Balaban J connectivity index is 3.38. The number of methoxy groups -OCH3 is 1. The lowest BCUT2D eigenvalue weighted by molar-refractivity contribution is 0.0426. The molecule has 1 aromatic heterocycles. The maximum absolute atomic E-state index is 12.6. The van der Waals surface area contributed by atoms with Gasteiger partial charge >= 0.3 is 18.2 Å². The minimum Gasteiger partial charge on any atom is -0.464 e. The summed E-state index contributed by atoms with van der Waals surface area (Å²) in [4.78, 5) is 41.6. The molecule has 26 heavy (non-hydrogen) atoms. The summed E-state index contributed by atoms with van der Waals surface area (Å²) >= 11 is 3.18. The van der Waals surface area contributed by atoms with Gasteiger partial charge in [-0.15, -0.1) is 0 Å². The molecule has 2 amide bonds. The van der Waals surface area contributed by atoms with Gasteiger partial charge in [0.2, 0.25) is 0 Å². The fourth-order valence-corrected chi connectivity index (χ4v) is 2.06. The molecule has 0 saturated heterocycles. The number of amides is 2. The van der Waals surface area contributed by atoms with E-state index in [1.807, 2.05) is 0 Å². The number of halogens is 1. The topological polar surface area (TPSA) is 95.0 Å². The summed E-state index contributed by atoms with van der Waals surface area (Å²) in [7, 11) is 1.20. The second-order valence-electron chi connectivity index (χ2n) is 7.29. The van der Waals surface area contributed by atoms with Crippen LogP contribution in [0.2, 0.25) is 0 Å². The Morgan fingerprint density at radius 1 is 0.962 bits per heavy atom. The highest BCUT2D eigenvalue weighted by Crippen LogP contribution is 2.24. The van der Waals surface area contributed by atoms with Gasteiger partial charge < -0.3 is 14.2 Å². The number of esters is 1. The Bertz CT molecular complexity index is 678. The van der Waals surface area contributed by atoms with Crippen molar-refractivity contribution in [3.05, 3.63) is 22.3 Å². The molecule has 0 unspecified atom stereocenters. The molecule has 0 bridgehead atoms. The van der Waals surface area contributed by atoms with E-state index in [9.17, 15) is 14.4 Å². The molecule has 9 heteroatoms. The number of nitrogens with zero attached hydrogens (tertiary/aromatic N) is 2. The predicted octanol–water partition coefficient (Wildman–Crippen LogP) is 4.31. The summed E-state index contributed by atoms with van der Waals surface area (Å²) < 4.78 is 15.5. The number of imide groups is 1. The number of carbonyl (C=O) groups is 3. The van der Waals surface area contributed by atoms with Crippen molar-refractivity contribution >= 4 is 39.9 Å². The average Bonchev–Trinajstić information content (AvgIpc) is 2.44. The Hall–Kier alpha value is -2.16. The summed E-state index contributed by atoms with van der Waals surface area (Å²) in [5, 5.41) is 0. The number of anilines is 1. The molecule has 0 saturated carbocycles. The standard InChI is InChI=1S/C17H23BrN2O6/c1-16(2,3)25-14(22)20(15(23)26-17(4,5)6)11-9-8-10(18)12(19-11)13(21)24-7/h8-9H,1-7H3. The van der Waals surface area contributed by atoms with Crippen LogP contribution < -0.4 is 4.90 Å². The van der Waals surface area contributed by atoms with Gasteiger partial charge in [0.25, 0.3) is 0 Å². The van der Waals surface area contributed by atoms with Crippen LogP contribution in [0.4, 0.5) is 15.4 Å². The van der Waals surface area contributed by atoms with Crippen LogP contribution >= 0.6 is 15.9 Å². The normalized spacial score (nSPS) is 11.5. The summed E-state index contributed by atoms with van der Waals surface area (Å²) in [5.41, 5.74) is -1.79. The van der Waals surface area contributed by atoms with Gasteiger partial charge in [0.15, 0.2) is 5.69 Å². The molecule has 1 rings (SSSR count). The number of carbonyl (C=O) groups excluding carboxylic acids is 3. The molecule has 0 spiro atoms. The van der Waals surface area contributed by atoms with E-state index in [0.29, 0.717) is 9.37 Å². The zero-order valence-electron chi connectivity index (χ0n) is 15.9. The third-order valence-electron chi connectivity index (χ3n) is 2.59. The van der Waals surface area contributed by atoms with Crippen LogP contribution in [0.15, 0.2) is 16.6 Å². The van der Waals surface area contributed by atoms with Crippen LogP contribution in [0.1, 0.15) is 52.0 Å². The van der Waals surface area contributed by atoms with Gasteiger partial charge in [-0.2, -0.15) is 4.90 Å². The lowest BCUT2D eigenvalue weighted by Gasteiger charge is -2.28. The van der Waals surface area contributed by atoms with Crippen molar-refractivity contribution in [3.8, 4) is 0 Å². The predicted molar refractivity (Wildman–Crippen MR) is 98.2 cm³/mol. The van der Waals surface area contributed by atoms with Gasteiger partial charge in [-0.05, 0) is 69.6 Å². The smallest absolute Gasteiger partial charge is 0.425 e. The maximum atomic E-state index is 12.6. The lowest BCUT2D eigenvalue weighted by Crippen LogP contribution is -2.44. The third-order valence-corrected chi connectivity index (χ3v) is 3.23. The molecular weight excluding hydrogens is 408 g/mol. The second-order valence-corrected chi connectivity index (χ2v) is 8.14.